The molecule has 1 fully saturated rings. The van der Waals surface area contributed by atoms with Gasteiger partial charge in [0.05, 0.1) is 29.9 Å². The number of rotatable bonds is 9. The van der Waals surface area contributed by atoms with E-state index in [4.69, 9.17) is 16.2 Å². The number of hydrogen-bond acceptors (Lipinski definition) is 9. The summed E-state index contributed by atoms with van der Waals surface area (Å²) in [6, 6.07) is 17.0. The highest BCUT2D eigenvalue weighted by Crippen LogP contribution is 2.34. The minimum Gasteiger partial charge on any atom is -0.381 e. The molecule has 0 aliphatic carbocycles. The number of nitrogens with zero attached hydrogens (tertiary/aromatic N) is 2. The van der Waals surface area contributed by atoms with Gasteiger partial charge in [-0.3, -0.25) is 24.0 Å². The second kappa shape index (κ2) is 17.4. The number of amides is 5. The highest BCUT2D eigenvalue weighted by atomic mass is 16.5. The molecule has 14 nitrogen and oxygen atoms in total. The maximum absolute atomic E-state index is 14.0. The summed E-state index contributed by atoms with van der Waals surface area (Å²) in [7, 11) is 0. The Hall–Kier alpha value is -5.99. The van der Waals surface area contributed by atoms with Crippen LogP contribution in [0.5, 0.6) is 0 Å². The van der Waals surface area contributed by atoms with Crippen LogP contribution >= 0.6 is 0 Å². The SMILES string of the molecule is Cc1cc2cc(c1NC(=O)[C@H](CCN)NC(=O)c1cnc(-c3ccc(C4CCOCC4)cc3)nc1C)-c1cccc(c1)CC(=O)NCC(=O)NC(C(N)=O)C2. The van der Waals surface area contributed by atoms with Gasteiger partial charge in [0.15, 0.2) is 5.82 Å². The van der Waals surface area contributed by atoms with Gasteiger partial charge >= 0.3 is 0 Å². The highest BCUT2D eigenvalue weighted by Gasteiger charge is 2.26. The van der Waals surface area contributed by atoms with E-state index in [1.54, 1.807) is 32.0 Å². The Kier molecular flexibility index (Phi) is 12.3. The molecule has 4 aromatic rings. The van der Waals surface area contributed by atoms with E-state index in [0.717, 1.165) is 31.6 Å². The van der Waals surface area contributed by atoms with Crippen molar-refractivity contribution in [3.63, 3.8) is 0 Å². The number of nitrogens with one attached hydrogen (secondary N) is 4. The summed E-state index contributed by atoms with van der Waals surface area (Å²) < 4.78 is 5.49. The molecule has 3 heterocycles. The summed E-state index contributed by atoms with van der Waals surface area (Å²) in [6.07, 6.45) is 3.66. The molecular formula is C41H46N8O6. The number of carbonyl (C=O) groups excluding carboxylic acids is 5. The monoisotopic (exact) mass is 746 g/mol. The zero-order valence-electron chi connectivity index (χ0n) is 30.9. The first-order valence-electron chi connectivity index (χ1n) is 18.4. The van der Waals surface area contributed by atoms with Crippen molar-refractivity contribution in [3.05, 3.63) is 100 Å². The molecule has 2 atom stereocenters. The lowest BCUT2D eigenvalue weighted by atomic mass is 9.91. The predicted octanol–water partition coefficient (Wildman–Crippen LogP) is 2.59. The number of primary amides is 1. The van der Waals surface area contributed by atoms with Crippen LogP contribution in [-0.4, -0.2) is 77.9 Å². The lowest BCUT2D eigenvalue weighted by molar-refractivity contribution is -0.128. The zero-order chi connectivity index (χ0) is 39.1. The summed E-state index contributed by atoms with van der Waals surface area (Å²) >= 11 is 0. The van der Waals surface area contributed by atoms with Gasteiger partial charge in [-0.05, 0) is 79.5 Å². The average Bonchev–Trinajstić information content (AvgIpc) is 3.17. The Morgan fingerprint density at radius 1 is 0.964 bits per heavy atom. The minimum atomic E-state index is -1.04. The average molecular weight is 747 g/mol. The number of nitrogens with two attached hydrogens (primary N) is 2. The van der Waals surface area contributed by atoms with Gasteiger partial charge in [-0.15, -0.1) is 0 Å². The van der Waals surface area contributed by atoms with Crippen LogP contribution in [-0.2, 0) is 36.8 Å². The van der Waals surface area contributed by atoms with Gasteiger partial charge < -0.3 is 37.5 Å². The third kappa shape index (κ3) is 9.58. The molecule has 2 aliphatic heterocycles. The first kappa shape index (κ1) is 38.7. The van der Waals surface area contributed by atoms with Crippen LogP contribution in [0.3, 0.4) is 0 Å². The number of benzene rings is 3. The first-order chi connectivity index (χ1) is 26.5. The van der Waals surface area contributed by atoms with Gasteiger partial charge in [-0.1, -0.05) is 54.6 Å². The van der Waals surface area contributed by atoms with E-state index in [0.29, 0.717) is 50.9 Å². The van der Waals surface area contributed by atoms with E-state index >= 15 is 0 Å². The summed E-state index contributed by atoms with van der Waals surface area (Å²) in [6.45, 7) is 4.87. The van der Waals surface area contributed by atoms with E-state index in [1.165, 1.54) is 11.8 Å². The van der Waals surface area contributed by atoms with Crippen LogP contribution < -0.4 is 32.7 Å². The van der Waals surface area contributed by atoms with Crippen LogP contribution in [0.1, 0.15) is 63.5 Å². The molecule has 4 bridgehead atoms. The molecule has 1 saturated heterocycles. The Bertz CT molecular complexity index is 2100. The molecule has 8 N–H and O–H groups in total. The third-order valence-corrected chi connectivity index (χ3v) is 9.97. The smallest absolute Gasteiger partial charge is 0.255 e. The molecule has 0 radical (unpaired) electrons. The second-order valence-electron chi connectivity index (χ2n) is 14.0. The van der Waals surface area contributed by atoms with E-state index in [2.05, 4.69) is 43.4 Å². The normalized spacial score (nSPS) is 16.9. The molecule has 1 unspecified atom stereocenters. The van der Waals surface area contributed by atoms with Crippen molar-refractivity contribution < 1.29 is 28.7 Å². The van der Waals surface area contributed by atoms with Gasteiger partial charge in [0.25, 0.3) is 5.91 Å². The third-order valence-electron chi connectivity index (χ3n) is 9.97. The van der Waals surface area contributed by atoms with E-state index < -0.39 is 35.7 Å². The lowest BCUT2D eigenvalue weighted by Gasteiger charge is -2.23. The second-order valence-corrected chi connectivity index (χ2v) is 14.0. The van der Waals surface area contributed by atoms with E-state index in [1.807, 2.05) is 30.3 Å². The van der Waals surface area contributed by atoms with Crippen molar-refractivity contribution in [1.82, 2.24) is 25.9 Å². The number of aromatic nitrogens is 2. The zero-order valence-corrected chi connectivity index (χ0v) is 30.9. The fraction of sp³-hybridized carbons (Fsp3) is 0.341. The topological polar surface area (TPSA) is 221 Å². The number of ether oxygens (including phenoxy) is 1. The molecular weight excluding hydrogens is 701 g/mol. The maximum Gasteiger partial charge on any atom is 0.255 e. The molecule has 3 aromatic carbocycles. The van der Waals surface area contributed by atoms with Crippen LogP contribution in [0.25, 0.3) is 22.5 Å². The van der Waals surface area contributed by atoms with Crippen LogP contribution in [0.2, 0.25) is 0 Å². The van der Waals surface area contributed by atoms with Gasteiger partial charge in [0.2, 0.25) is 23.6 Å². The summed E-state index contributed by atoms with van der Waals surface area (Å²) in [5, 5.41) is 11.0. The standard InChI is InChI=1S/C41H46N8O6/c1-23-16-26-18-31(30-5-3-4-25(17-30)20-35(50)44-22-36(51)47-34(19-26)38(43)52)37(23)49-41(54)33(10-13-42)48-40(53)32-21-45-39(46-24(32)2)29-8-6-27(7-9-29)28-11-14-55-15-12-28/h3-9,16-18,21,28,33-34H,10-15,19-20,22,42H2,1-2H3,(H2,43,52)(H,44,50)(H,47,51)(H,48,53)(H,49,54)/t33-,34?/m0/s1. The molecule has 55 heavy (non-hydrogen) atoms. The van der Waals surface area contributed by atoms with Crippen molar-refractivity contribution in [2.24, 2.45) is 11.5 Å². The molecule has 1 aromatic heterocycles. The first-order valence-corrected chi connectivity index (χ1v) is 18.4. The summed E-state index contributed by atoms with van der Waals surface area (Å²) in [5.41, 5.74) is 18.1. The Labute approximate surface area is 319 Å². The fourth-order valence-electron chi connectivity index (χ4n) is 7.00. The van der Waals surface area contributed by atoms with Gasteiger partial charge in [-0.25, -0.2) is 9.97 Å². The molecule has 14 heteroatoms. The fourth-order valence-corrected chi connectivity index (χ4v) is 7.00. The largest absolute Gasteiger partial charge is 0.381 e. The summed E-state index contributed by atoms with van der Waals surface area (Å²) in [5.74, 6) is -1.73. The van der Waals surface area contributed by atoms with E-state index in [-0.39, 0.29) is 43.8 Å². The van der Waals surface area contributed by atoms with Crippen molar-refractivity contribution in [3.8, 4) is 22.5 Å². The highest BCUT2D eigenvalue weighted by molar-refractivity contribution is 6.04. The number of anilines is 1. The number of hydrogen-bond donors (Lipinski definition) is 6. The summed E-state index contributed by atoms with van der Waals surface area (Å²) in [4.78, 5) is 74.3. The Balaban J connectivity index is 1.24. The predicted molar refractivity (Wildman–Crippen MR) is 207 cm³/mol. The van der Waals surface area contributed by atoms with Gasteiger partial charge in [-0.2, -0.15) is 0 Å². The number of aryl methyl sites for hydroxylation is 2. The van der Waals surface area contributed by atoms with Gasteiger partial charge in [0, 0.05) is 37.0 Å². The van der Waals surface area contributed by atoms with E-state index in [9.17, 15) is 24.0 Å². The number of fused-ring (bicyclic) bond motifs is 5. The Morgan fingerprint density at radius 3 is 2.44 bits per heavy atom. The minimum absolute atomic E-state index is 0.00165. The lowest BCUT2D eigenvalue weighted by Crippen LogP contribution is -2.49. The molecule has 6 rings (SSSR count). The maximum atomic E-state index is 14.0. The van der Waals surface area contributed by atoms with Gasteiger partial charge in [0.1, 0.15) is 12.1 Å². The quantitative estimate of drug-likeness (QED) is 0.148. The van der Waals surface area contributed by atoms with Crippen LogP contribution in [0.4, 0.5) is 5.69 Å². The van der Waals surface area contributed by atoms with Crippen molar-refractivity contribution in [2.45, 2.75) is 64.0 Å². The van der Waals surface area contributed by atoms with Crippen LogP contribution in [0, 0.1) is 13.8 Å². The molecule has 0 saturated carbocycles. The molecule has 5 amide bonds. The van der Waals surface area contributed by atoms with Crippen LogP contribution in [0.15, 0.2) is 66.9 Å². The van der Waals surface area contributed by atoms with Crippen molar-refractivity contribution >= 4 is 35.2 Å². The van der Waals surface area contributed by atoms with Crippen molar-refractivity contribution in [2.75, 3.05) is 31.6 Å². The molecule has 2 aliphatic rings. The molecule has 286 valence electrons. The molecule has 0 spiro atoms. The number of carbonyl (C=O) groups is 5. The Morgan fingerprint density at radius 2 is 1.73 bits per heavy atom. The van der Waals surface area contributed by atoms with Crippen molar-refractivity contribution in [1.29, 1.82) is 0 Å².